The zero-order valence-electron chi connectivity index (χ0n) is 14.1. The van der Waals surface area contributed by atoms with Crippen LogP contribution in [0.4, 0.5) is 10.1 Å². The molecule has 0 radical (unpaired) electrons. The molecule has 2 aliphatic rings. The van der Waals surface area contributed by atoms with Gasteiger partial charge in [-0.15, -0.1) is 0 Å². The van der Waals surface area contributed by atoms with Gasteiger partial charge in [-0.2, -0.15) is 0 Å². The molecule has 0 atom stereocenters. The molecule has 3 rings (SSSR count). The standard InChI is InChI=1S/C20H24FNO2/c1-3-18(23)22-17-12-15(19-16(13-17)8-11-24-19)5-4-14-6-9-20(2,21)10-7-14/h3-5,12-14H,1,6-11H2,2H3,(H,22,23)/b5-4+. The maximum atomic E-state index is 13.9. The van der Waals surface area contributed by atoms with E-state index in [9.17, 15) is 9.18 Å². The second-order valence-corrected chi connectivity index (χ2v) is 6.96. The molecule has 0 spiro atoms. The van der Waals surface area contributed by atoms with Crippen LogP contribution >= 0.6 is 0 Å². The van der Waals surface area contributed by atoms with Crippen LogP contribution in [-0.4, -0.2) is 18.2 Å². The van der Waals surface area contributed by atoms with Crippen LogP contribution < -0.4 is 10.1 Å². The number of allylic oxidation sites excluding steroid dienone is 1. The number of alkyl halides is 1. The average molecular weight is 329 g/mol. The van der Waals surface area contributed by atoms with Crippen molar-refractivity contribution in [2.75, 3.05) is 11.9 Å². The molecule has 1 N–H and O–H groups in total. The molecule has 3 nitrogen and oxygen atoms in total. The summed E-state index contributed by atoms with van der Waals surface area (Å²) in [7, 11) is 0. The maximum Gasteiger partial charge on any atom is 0.247 e. The first kappa shape index (κ1) is 16.7. The van der Waals surface area contributed by atoms with Crippen LogP contribution in [0.2, 0.25) is 0 Å². The molecule has 0 saturated heterocycles. The van der Waals surface area contributed by atoms with Crippen LogP contribution in [0.15, 0.2) is 30.9 Å². The fraction of sp³-hybridized carbons (Fsp3) is 0.450. The maximum absolute atomic E-state index is 13.9. The molecular formula is C20H24FNO2. The number of hydrogen-bond donors (Lipinski definition) is 1. The number of halogens is 1. The van der Waals surface area contributed by atoms with Crippen molar-refractivity contribution in [1.29, 1.82) is 0 Å². The molecule has 24 heavy (non-hydrogen) atoms. The van der Waals surface area contributed by atoms with E-state index in [0.29, 0.717) is 25.4 Å². The zero-order chi connectivity index (χ0) is 17.2. The first-order valence-corrected chi connectivity index (χ1v) is 8.57. The summed E-state index contributed by atoms with van der Waals surface area (Å²) in [5, 5.41) is 2.81. The van der Waals surface area contributed by atoms with Gasteiger partial charge in [-0.25, -0.2) is 4.39 Å². The van der Waals surface area contributed by atoms with E-state index in [-0.39, 0.29) is 5.91 Å². The van der Waals surface area contributed by atoms with E-state index in [1.807, 2.05) is 12.1 Å². The van der Waals surface area contributed by atoms with Crippen LogP contribution in [0.1, 0.15) is 43.7 Å². The van der Waals surface area contributed by atoms with Crippen LogP contribution in [0, 0.1) is 5.92 Å². The minimum atomic E-state index is -1.01. The Morgan fingerprint density at radius 3 is 2.88 bits per heavy atom. The average Bonchev–Trinajstić information content (AvgIpc) is 3.02. The number of ether oxygens (including phenoxy) is 1. The Hall–Kier alpha value is -2.10. The van der Waals surface area contributed by atoms with Gasteiger partial charge in [0, 0.05) is 23.2 Å². The van der Waals surface area contributed by atoms with Crippen molar-refractivity contribution in [3.8, 4) is 5.75 Å². The summed E-state index contributed by atoms with van der Waals surface area (Å²) in [6, 6.07) is 3.88. The van der Waals surface area contributed by atoms with Gasteiger partial charge in [-0.05, 0) is 56.7 Å². The smallest absolute Gasteiger partial charge is 0.247 e. The Bertz CT molecular complexity index is 668. The number of benzene rings is 1. The predicted octanol–water partition coefficient (Wildman–Crippen LogP) is 4.68. The van der Waals surface area contributed by atoms with E-state index >= 15 is 0 Å². The quantitative estimate of drug-likeness (QED) is 0.815. The summed E-state index contributed by atoms with van der Waals surface area (Å²) in [5.41, 5.74) is 1.82. The van der Waals surface area contributed by atoms with E-state index in [1.165, 1.54) is 6.08 Å². The molecule has 128 valence electrons. The van der Waals surface area contributed by atoms with Crippen molar-refractivity contribution in [2.24, 2.45) is 5.92 Å². The van der Waals surface area contributed by atoms with Gasteiger partial charge in [0.15, 0.2) is 0 Å². The number of carbonyl (C=O) groups excluding carboxylic acids is 1. The Morgan fingerprint density at radius 2 is 2.17 bits per heavy atom. The summed E-state index contributed by atoms with van der Waals surface area (Å²) in [4.78, 5) is 11.5. The number of carbonyl (C=O) groups is 1. The van der Waals surface area contributed by atoms with Gasteiger partial charge in [0.25, 0.3) is 0 Å². The number of nitrogens with one attached hydrogen (secondary N) is 1. The Balaban J connectivity index is 1.78. The number of rotatable bonds is 4. The minimum Gasteiger partial charge on any atom is -0.492 e. The predicted molar refractivity (Wildman–Crippen MR) is 95.0 cm³/mol. The van der Waals surface area contributed by atoms with E-state index in [2.05, 4.69) is 24.0 Å². The minimum absolute atomic E-state index is 0.224. The number of anilines is 1. The van der Waals surface area contributed by atoms with Crippen molar-refractivity contribution in [2.45, 2.75) is 44.7 Å². The highest BCUT2D eigenvalue weighted by atomic mass is 19.1. The molecule has 4 heteroatoms. The number of hydrogen-bond acceptors (Lipinski definition) is 2. The zero-order valence-corrected chi connectivity index (χ0v) is 14.1. The van der Waals surface area contributed by atoms with Gasteiger partial charge in [0.1, 0.15) is 11.4 Å². The lowest BCUT2D eigenvalue weighted by molar-refractivity contribution is -0.111. The third kappa shape index (κ3) is 3.86. The van der Waals surface area contributed by atoms with Crippen LogP contribution in [0.25, 0.3) is 6.08 Å². The molecule has 0 bridgehead atoms. The molecule has 1 aliphatic carbocycles. The van der Waals surface area contributed by atoms with Crippen LogP contribution in [-0.2, 0) is 11.2 Å². The lowest BCUT2D eigenvalue weighted by Crippen LogP contribution is -2.25. The number of amides is 1. The van der Waals surface area contributed by atoms with Crippen molar-refractivity contribution >= 4 is 17.7 Å². The highest BCUT2D eigenvalue weighted by Gasteiger charge is 2.29. The molecule has 1 amide bonds. The summed E-state index contributed by atoms with van der Waals surface area (Å²) in [5.74, 6) is 1.07. The summed E-state index contributed by atoms with van der Waals surface area (Å²) in [6.07, 6.45) is 9.30. The van der Waals surface area contributed by atoms with Gasteiger partial charge < -0.3 is 10.1 Å². The lowest BCUT2D eigenvalue weighted by Gasteiger charge is -2.29. The molecule has 0 unspecified atom stereocenters. The lowest BCUT2D eigenvalue weighted by atomic mass is 9.81. The van der Waals surface area contributed by atoms with Crippen molar-refractivity contribution in [3.63, 3.8) is 0 Å². The molecule has 1 saturated carbocycles. The largest absolute Gasteiger partial charge is 0.492 e. The van der Waals surface area contributed by atoms with Gasteiger partial charge >= 0.3 is 0 Å². The Labute approximate surface area is 142 Å². The van der Waals surface area contributed by atoms with Crippen LogP contribution in [0.3, 0.4) is 0 Å². The first-order valence-electron chi connectivity index (χ1n) is 8.57. The highest BCUT2D eigenvalue weighted by Crippen LogP contribution is 2.37. The highest BCUT2D eigenvalue weighted by molar-refractivity contribution is 5.99. The fourth-order valence-electron chi connectivity index (χ4n) is 3.40. The van der Waals surface area contributed by atoms with E-state index in [4.69, 9.17) is 4.74 Å². The van der Waals surface area contributed by atoms with E-state index < -0.39 is 5.67 Å². The second kappa shape index (κ2) is 6.80. The topological polar surface area (TPSA) is 38.3 Å². The SMILES string of the molecule is C=CC(=O)Nc1cc(/C=C/C2CCC(C)(F)CC2)c2c(c1)CCO2. The molecule has 1 fully saturated rings. The van der Waals surface area contributed by atoms with Gasteiger partial charge in [0.2, 0.25) is 5.91 Å². The van der Waals surface area contributed by atoms with Crippen LogP contribution in [0.5, 0.6) is 5.75 Å². The van der Waals surface area contributed by atoms with Gasteiger partial charge in [0.05, 0.1) is 6.61 Å². The summed E-state index contributed by atoms with van der Waals surface area (Å²) in [6.45, 7) is 5.84. The van der Waals surface area contributed by atoms with E-state index in [0.717, 1.165) is 41.8 Å². The van der Waals surface area contributed by atoms with Gasteiger partial charge in [-0.1, -0.05) is 18.7 Å². The third-order valence-corrected chi connectivity index (χ3v) is 4.89. The van der Waals surface area contributed by atoms with Crippen molar-refractivity contribution in [3.05, 3.63) is 42.0 Å². The normalized spacial score (nSPS) is 26.0. The fourth-order valence-corrected chi connectivity index (χ4v) is 3.40. The third-order valence-electron chi connectivity index (χ3n) is 4.89. The molecule has 1 aromatic rings. The number of fused-ring (bicyclic) bond motifs is 1. The summed E-state index contributed by atoms with van der Waals surface area (Å²) < 4.78 is 19.6. The Kier molecular flexibility index (Phi) is 4.74. The van der Waals surface area contributed by atoms with Crippen molar-refractivity contribution in [1.82, 2.24) is 0 Å². The van der Waals surface area contributed by atoms with Crippen molar-refractivity contribution < 1.29 is 13.9 Å². The van der Waals surface area contributed by atoms with E-state index in [1.54, 1.807) is 6.92 Å². The summed E-state index contributed by atoms with van der Waals surface area (Å²) >= 11 is 0. The van der Waals surface area contributed by atoms with Gasteiger partial charge in [-0.3, -0.25) is 4.79 Å². The Morgan fingerprint density at radius 1 is 1.42 bits per heavy atom. The molecule has 0 aromatic heterocycles. The molecular weight excluding hydrogens is 305 g/mol. The molecule has 1 heterocycles. The molecule has 1 aromatic carbocycles. The first-order chi connectivity index (χ1) is 11.5. The monoisotopic (exact) mass is 329 g/mol. The second-order valence-electron chi connectivity index (χ2n) is 6.96. The molecule has 1 aliphatic heterocycles.